The number of esters is 1. The van der Waals surface area contributed by atoms with Crippen LogP contribution in [0.1, 0.15) is 10.9 Å². The van der Waals surface area contributed by atoms with Crippen molar-refractivity contribution in [1.29, 1.82) is 0 Å². The average molecular weight is 404 g/mol. The lowest BCUT2D eigenvalue weighted by atomic mass is 10.1. The molecule has 6 N–H and O–H groups in total. The Hall–Kier alpha value is -2.82. The molecule has 0 fully saturated rings. The van der Waals surface area contributed by atoms with Gasteiger partial charge in [0.2, 0.25) is 0 Å². The van der Waals surface area contributed by atoms with E-state index in [0.717, 1.165) is 21.9 Å². The number of aliphatic hydroxyl groups excluding tert-OH is 2. The topological polar surface area (TPSA) is 154 Å². The van der Waals surface area contributed by atoms with E-state index in [4.69, 9.17) is 16.2 Å². The van der Waals surface area contributed by atoms with Crippen molar-refractivity contribution in [3.63, 3.8) is 0 Å². The lowest BCUT2D eigenvalue weighted by Crippen LogP contribution is -2.34. The molecule has 0 saturated carbocycles. The quantitative estimate of drug-likeness (QED) is 0.498. The lowest BCUT2D eigenvalue weighted by Gasteiger charge is -2.16. The zero-order valence-corrected chi connectivity index (χ0v) is 15.6. The van der Waals surface area contributed by atoms with Crippen molar-refractivity contribution in [3.8, 4) is 0 Å². The number of carbonyl (C=O) groups is 1. The number of carbonyl (C=O) groups excluding carboxylic acids is 1. The van der Waals surface area contributed by atoms with Crippen molar-refractivity contribution in [2.24, 2.45) is 5.73 Å². The summed E-state index contributed by atoms with van der Waals surface area (Å²) in [5, 5.41) is 19.5. The molecule has 0 radical (unpaired) electrons. The number of hydrogen-bond donors (Lipinski definition) is 4. The van der Waals surface area contributed by atoms with Crippen molar-refractivity contribution < 1.29 is 19.7 Å². The van der Waals surface area contributed by atoms with Gasteiger partial charge in [0.1, 0.15) is 35.7 Å². The monoisotopic (exact) mass is 404 g/mol. The molecule has 3 atom stereocenters. The van der Waals surface area contributed by atoms with Gasteiger partial charge in [0.25, 0.3) is 0 Å². The highest BCUT2D eigenvalue weighted by Crippen LogP contribution is 2.43. The first kappa shape index (κ1) is 19.9. The van der Waals surface area contributed by atoms with Gasteiger partial charge in [-0.3, -0.25) is 9.36 Å². The summed E-state index contributed by atoms with van der Waals surface area (Å²) < 4.78 is 6.33. The summed E-state index contributed by atoms with van der Waals surface area (Å²) in [6.45, 7) is -0.261. The molecular formula is C18H20N4O5S. The van der Waals surface area contributed by atoms with Gasteiger partial charge in [-0.1, -0.05) is 42.1 Å². The number of nitrogens with zero attached hydrogens (tertiary/aromatic N) is 2. The fourth-order valence-electron chi connectivity index (χ4n) is 2.70. The first-order valence-corrected chi connectivity index (χ1v) is 9.32. The third-order valence-corrected chi connectivity index (χ3v) is 5.51. The summed E-state index contributed by atoms with van der Waals surface area (Å²) in [7, 11) is 0. The second kappa shape index (κ2) is 8.46. The van der Waals surface area contributed by atoms with E-state index in [0.29, 0.717) is 6.42 Å². The Balaban J connectivity index is 1.61. The number of nitrogen functional groups attached to an aromatic ring is 1. The molecule has 0 bridgehead atoms. The standard InChI is InChI=1S/C18H20N4O5S/c19-11(8-10-4-2-1-3-5-10)17(25)27-9-12-14(23)15(24)16(28-12)22-7-6-13(20)21-18(22)26/h1-7,11,15-16,23-24H,8-9,19H2,(H2,20,21,26)/t11-,15?,16-/m1/s1. The van der Waals surface area contributed by atoms with Gasteiger partial charge in [0.15, 0.2) is 0 Å². The van der Waals surface area contributed by atoms with Crippen LogP contribution in [-0.4, -0.2) is 44.5 Å². The van der Waals surface area contributed by atoms with Gasteiger partial charge in [0, 0.05) is 6.20 Å². The summed E-state index contributed by atoms with van der Waals surface area (Å²) in [6.07, 6.45) is 0.346. The molecule has 1 aromatic carbocycles. The molecule has 148 valence electrons. The first-order valence-electron chi connectivity index (χ1n) is 8.44. The molecule has 0 amide bonds. The fourth-order valence-corrected chi connectivity index (χ4v) is 3.89. The van der Waals surface area contributed by atoms with Crippen LogP contribution in [0.5, 0.6) is 0 Å². The SMILES string of the molecule is Nc1ccn([C@@H]2SC(COC(=O)[C@H](N)Cc3ccccc3)=C(O)C2O)c(=O)n1. The van der Waals surface area contributed by atoms with Gasteiger partial charge in [-0.05, 0) is 18.1 Å². The Morgan fingerprint density at radius 1 is 1.32 bits per heavy atom. The minimum atomic E-state index is -1.35. The van der Waals surface area contributed by atoms with Crippen LogP contribution in [0.15, 0.2) is 58.1 Å². The van der Waals surface area contributed by atoms with Crippen LogP contribution in [-0.2, 0) is 16.0 Å². The number of rotatable bonds is 6. The van der Waals surface area contributed by atoms with Gasteiger partial charge in [-0.15, -0.1) is 0 Å². The number of nitrogens with two attached hydrogens (primary N) is 2. The smallest absolute Gasteiger partial charge is 0.350 e. The number of aliphatic hydroxyl groups is 2. The number of ether oxygens (including phenoxy) is 1. The van der Waals surface area contributed by atoms with Crippen LogP contribution >= 0.6 is 11.8 Å². The molecular weight excluding hydrogens is 384 g/mol. The highest BCUT2D eigenvalue weighted by molar-refractivity contribution is 8.03. The van der Waals surface area contributed by atoms with Gasteiger partial charge in [-0.25, -0.2) is 4.79 Å². The average Bonchev–Trinajstić information content (AvgIpc) is 2.95. The second-order valence-corrected chi connectivity index (χ2v) is 7.42. The van der Waals surface area contributed by atoms with Gasteiger partial charge >= 0.3 is 11.7 Å². The number of hydrogen-bond acceptors (Lipinski definition) is 9. The highest BCUT2D eigenvalue weighted by Gasteiger charge is 2.37. The van der Waals surface area contributed by atoms with E-state index in [2.05, 4.69) is 4.98 Å². The summed E-state index contributed by atoms with van der Waals surface area (Å²) >= 11 is 1.00. The summed E-state index contributed by atoms with van der Waals surface area (Å²) in [6, 6.07) is 9.82. The van der Waals surface area contributed by atoms with E-state index in [-0.39, 0.29) is 23.1 Å². The third-order valence-electron chi connectivity index (χ3n) is 4.17. The Labute approximate surface area is 164 Å². The first-order chi connectivity index (χ1) is 13.4. The minimum absolute atomic E-state index is 0.0532. The fraction of sp³-hybridized carbons (Fsp3) is 0.278. The maximum atomic E-state index is 12.1. The molecule has 2 aromatic rings. The van der Waals surface area contributed by atoms with E-state index < -0.39 is 29.2 Å². The van der Waals surface area contributed by atoms with Crippen LogP contribution in [0.25, 0.3) is 0 Å². The van der Waals surface area contributed by atoms with Gasteiger partial charge in [0.05, 0.1) is 4.91 Å². The number of thioether (sulfide) groups is 1. The molecule has 0 spiro atoms. The normalized spacial score (nSPS) is 20.2. The van der Waals surface area contributed by atoms with Crippen LogP contribution in [0, 0.1) is 0 Å². The molecule has 0 saturated heterocycles. The highest BCUT2D eigenvalue weighted by atomic mass is 32.2. The summed E-state index contributed by atoms with van der Waals surface area (Å²) in [5.74, 6) is -0.936. The maximum absolute atomic E-state index is 12.1. The molecule has 10 heteroatoms. The van der Waals surface area contributed by atoms with E-state index >= 15 is 0 Å². The Morgan fingerprint density at radius 2 is 2.04 bits per heavy atom. The second-order valence-electron chi connectivity index (χ2n) is 6.21. The Kier molecular flexibility index (Phi) is 6.02. The maximum Gasteiger partial charge on any atom is 0.350 e. The number of anilines is 1. The molecule has 1 aliphatic heterocycles. The number of benzene rings is 1. The third kappa shape index (κ3) is 4.35. The van der Waals surface area contributed by atoms with Crippen LogP contribution < -0.4 is 17.2 Å². The molecule has 1 unspecified atom stereocenters. The van der Waals surface area contributed by atoms with E-state index in [1.165, 1.54) is 12.3 Å². The molecule has 2 heterocycles. The van der Waals surface area contributed by atoms with Crippen LogP contribution in [0.4, 0.5) is 5.82 Å². The zero-order chi connectivity index (χ0) is 20.3. The van der Waals surface area contributed by atoms with Crippen LogP contribution in [0.2, 0.25) is 0 Å². The summed E-state index contributed by atoms with van der Waals surface area (Å²) in [4.78, 5) is 27.9. The van der Waals surface area contributed by atoms with Crippen molar-refractivity contribution >= 4 is 23.5 Å². The van der Waals surface area contributed by atoms with Crippen molar-refractivity contribution in [2.45, 2.75) is 23.9 Å². The van der Waals surface area contributed by atoms with E-state index in [1.807, 2.05) is 30.3 Å². The molecule has 3 rings (SSSR count). The number of aromatic nitrogens is 2. The van der Waals surface area contributed by atoms with Crippen molar-refractivity contribution in [1.82, 2.24) is 9.55 Å². The molecule has 0 aliphatic carbocycles. The van der Waals surface area contributed by atoms with Gasteiger partial charge < -0.3 is 26.4 Å². The Morgan fingerprint density at radius 3 is 2.71 bits per heavy atom. The largest absolute Gasteiger partial charge is 0.508 e. The van der Waals surface area contributed by atoms with E-state index in [1.54, 1.807) is 0 Å². The minimum Gasteiger partial charge on any atom is -0.508 e. The zero-order valence-electron chi connectivity index (χ0n) is 14.8. The lowest BCUT2D eigenvalue weighted by molar-refractivity contribution is -0.144. The Bertz CT molecular complexity index is 946. The summed E-state index contributed by atoms with van der Waals surface area (Å²) in [5.41, 5.74) is 11.6. The molecule has 28 heavy (non-hydrogen) atoms. The van der Waals surface area contributed by atoms with Gasteiger partial charge in [-0.2, -0.15) is 4.98 Å². The molecule has 1 aliphatic rings. The van der Waals surface area contributed by atoms with Crippen molar-refractivity contribution in [3.05, 3.63) is 69.3 Å². The molecule has 1 aromatic heterocycles. The molecule has 9 nitrogen and oxygen atoms in total. The van der Waals surface area contributed by atoms with E-state index in [9.17, 15) is 19.8 Å². The van der Waals surface area contributed by atoms with Crippen LogP contribution in [0.3, 0.4) is 0 Å². The predicted octanol–water partition coefficient (Wildman–Crippen LogP) is 0.315. The van der Waals surface area contributed by atoms with Crippen molar-refractivity contribution in [2.75, 3.05) is 12.3 Å². The predicted molar refractivity (Wildman–Crippen MR) is 104 cm³/mol.